The molecule has 7 heteroatoms. The maximum Gasteiger partial charge on any atom is 0.334 e. The maximum atomic E-state index is 11.8. The normalized spacial score (nSPS) is 48.1. The SMILES string of the molecule is C=C1C(=O)O[C@@H]2C[C@@H](C)[C@@H]3[C@@H](OC(C)=O)[C@H](O)O[C@@H](O)[C@@]3(C)C[C@@H]12. The standard InChI is InChI=1S/C17H24O7/c1-7-5-11-10(8(2)14(19)23-11)6-17(4)12(7)13(22-9(3)18)15(20)24-16(17)21/h7,10-13,15-16,20-21H,2,5-6H2,1,3-4H3/t7-,10+,11-,12-,13-,15-,16-,17+/m1/s1. The predicted molar refractivity (Wildman–Crippen MR) is 81.2 cm³/mol. The van der Waals surface area contributed by atoms with Crippen molar-refractivity contribution >= 4 is 11.9 Å². The van der Waals surface area contributed by atoms with E-state index < -0.39 is 36.0 Å². The molecule has 2 aliphatic heterocycles. The molecule has 0 aromatic carbocycles. The van der Waals surface area contributed by atoms with Gasteiger partial charge >= 0.3 is 11.9 Å². The summed E-state index contributed by atoms with van der Waals surface area (Å²) in [7, 11) is 0. The minimum absolute atomic E-state index is 0.0683. The number of fused-ring (bicyclic) bond motifs is 2. The Bertz CT molecular complexity index is 573. The lowest BCUT2D eigenvalue weighted by molar-refractivity contribution is -0.341. The van der Waals surface area contributed by atoms with Gasteiger partial charge < -0.3 is 24.4 Å². The molecule has 24 heavy (non-hydrogen) atoms. The molecule has 0 spiro atoms. The van der Waals surface area contributed by atoms with Crippen LogP contribution in [0.3, 0.4) is 0 Å². The topological polar surface area (TPSA) is 102 Å². The zero-order chi connectivity index (χ0) is 17.8. The third kappa shape index (κ3) is 2.55. The summed E-state index contributed by atoms with van der Waals surface area (Å²) in [6.45, 7) is 8.88. The fourth-order valence-corrected chi connectivity index (χ4v) is 4.74. The van der Waals surface area contributed by atoms with Crippen LogP contribution in [0.4, 0.5) is 0 Å². The van der Waals surface area contributed by atoms with Crippen LogP contribution in [0.2, 0.25) is 0 Å². The van der Waals surface area contributed by atoms with Crippen molar-refractivity contribution in [1.29, 1.82) is 0 Å². The number of ether oxygens (including phenoxy) is 3. The molecule has 2 heterocycles. The third-order valence-electron chi connectivity index (χ3n) is 5.82. The quantitative estimate of drug-likeness (QED) is 0.536. The number of hydrogen-bond acceptors (Lipinski definition) is 7. The molecular formula is C17H24O7. The van der Waals surface area contributed by atoms with Crippen LogP contribution in [0.5, 0.6) is 0 Å². The van der Waals surface area contributed by atoms with Gasteiger partial charge in [-0.2, -0.15) is 0 Å². The van der Waals surface area contributed by atoms with E-state index in [2.05, 4.69) is 6.58 Å². The molecule has 1 saturated carbocycles. The first kappa shape index (κ1) is 17.4. The van der Waals surface area contributed by atoms with Gasteiger partial charge in [0, 0.05) is 29.7 Å². The van der Waals surface area contributed by atoms with Gasteiger partial charge in [-0.1, -0.05) is 20.4 Å². The molecule has 0 aromatic heterocycles. The number of aliphatic hydroxyl groups is 2. The maximum absolute atomic E-state index is 11.8. The van der Waals surface area contributed by atoms with Crippen LogP contribution in [0.1, 0.15) is 33.6 Å². The molecule has 0 amide bonds. The lowest BCUT2D eigenvalue weighted by Crippen LogP contribution is -2.59. The second kappa shape index (κ2) is 5.82. The van der Waals surface area contributed by atoms with E-state index in [4.69, 9.17) is 14.2 Å². The van der Waals surface area contributed by atoms with Gasteiger partial charge in [0.25, 0.3) is 0 Å². The number of rotatable bonds is 1. The van der Waals surface area contributed by atoms with E-state index in [1.54, 1.807) is 0 Å². The van der Waals surface area contributed by atoms with E-state index in [1.165, 1.54) is 6.92 Å². The molecule has 1 aliphatic carbocycles. The Morgan fingerprint density at radius 1 is 1.42 bits per heavy atom. The van der Waals surface area contributed by atoms with Crippen molar-refractivity contribution in [1.82, 2.24) is 0 Å². The van der Waals surface area contributed by atoms with E-state index in [-0.39, 0.29) is 23.9 Å². The van der Waals surface area contributed by atoms with Crippen molar-refractivity contribution in [2.45, 2.75) is 58.4 Å². The van der Waals surface area contributed by atoms with Crippen molar-refractivity contribution in [3.8, 4) is 0 Å². The van der Waals surface area contributed by atoms with Crippen LogP contribution in [-0.4, -0.2) is 46.9 Å². The van der Waals surface area contributed by atoms with Crippen LogP contribution >= 0.6 is 0 Å². The van der Waals surface area contributed by atoms with Crippen molar-refractivity contribution < 1.29 is 34.0 Å². The second-order valence-electron chi connectivity index (χ2n) is 7.48. The molecule has 8 atom stereocenters. The van der Waals surface area contributed by atoms with E-state index in [1.807, 2.05) is 13.8 Å². The fraction of sp³-hybridized carbons (Fsp3) is 0.765. The Morgan fingerprint density at radius 3 is 2.71 bits per heavy atom. The highest BCUT2D eigenvalue weighted by atomic mass is 16.7. The zero-order valence-electron chi connectivity index (χ0n) is 14.1. The molecule has 2 N–H and O–H groups in total. The molecule has 3 fully saturated rings. The first-order valence-corrected chi connectivity index (χ1v) is 8.23. The molecule has 2 saturated heterocycles. The number of esters is 2. The van der Waals surface area contributed by atoms with Crippen molar-refractivity contribution in [3.05, 3.63) is 12.2 Å². The predicted octanol–water partition coefficient (Wildman–Crippen LogP) is 0.735. The van der Waals surface area contributed by atoms with Crippen molar-refractivity contribution in [3.63, 3.8) is 0 Å². The fourth-order valence-electron chi connectivity index (χ4n) is 4.74. The summed E-state index contributed by atoms with van der Waals surface area (Å²) in [5, 5.41) is 20.7. The van der Waals surface area contributed by atoms with Crippen molar-refractivity contribution in [2.24, 2.45) is 23.2 Å². The average Bonchev–Trinajstić information content (AvgIpc) is 2.65. The summed E-state index contributed by atoms with van der Waals surface area (Å²) < 4.78 is 16.0. The minimum Gasteiger partial charge on any atom is -0.458 e. The van der Waals surface area contributed by atoms with Crippen LogP contribution in [0.15, 0.2) is 12.2 Å². The van der Waals surface area contributed by atoms with Gasteiger partial charge in [-0.25, -0.2) is 4.79 Å². The lowest BCUT2D eigenvalue weighted by Gasteiger charge is -2.51. The highest BCUT2D eigenvalue weighted by molar-refractivity contribution is 5.90. The van der Waals surface area contributed by atoms with Gasteiger partial charge in [-0.3, -0.25) is 4.79 Å². The number of hydrogen-bond donors (Lipinski definition) is 2. The Balaban J connectivity index is 2.00. The second-order valence-corrected chi connectivity index (χ2v) is 7.48. The highest BCUT2D eigenvalue weighted by Gasteiger charge is 2.60. The molecule has 0 bridgehead atoms. The molecule has 7 nitrogen and oxygen atoms in total. The Kier molecular flexibility index (Phi) is 4.22. The average molecular weight is 340 g/mol. The van der Waals surface area contributed by atoms with Crippen LogP contribution in [0.25, 0.3) is 0 Å². The van der Waals surface area contributed by atoms with Crippen LogP contribution < -0.4 is 0 Å². The number of aliphatic hydroxyl groups excluding tert-OH is 2. The molecule has 3 rings (SSSR count). The lowest BCUT2D eigenvalue weighted by atomic mass is 9.64. The van der Waals surface area contributed by atoms with E-state index in [9.17, 15) is 19.8 Å². The van der Waals surface area contributed by atoms with Gasteiger partial charge in [-0.05, 0) is 18.8 Å². The summed E-state index contributed by atoms with van der Waals surface area (Å²) in [5.41, 5.74) is -0.411. The minimum atomic E-state index is -1.40. The first-order valence-electron chi connectivity index (χ1n) is 8.23. The summed E-state index contributed by atoms with van der Waals surface area (Å²) in [4.78, 5) is 23.3. The summed E-state index contributed by atoms with van der Waals surface area (Å²) >= 11 is 0. The van der Waals surface area contributed by atoms with Crippen LogP contribution in [-0.2, 0) is 23.8 Å². The summed E-state index contributed by atoms with van der Waals surface area (Å²) in [6.07, 6.45) is -2.88. The Morgan fingerprint density at radius 2 is 2.08 bits per heavy atom. The van der Waals surface area contributed by atoms with Gasteiger partial charge in [0.15, 0.2) is 18.7 Å². The summed E-state index contributed by atoms with van der Waals surface area (Å²) in [6, 6.07) is 0. The number of carbonyl (C=O) groups excluding carboxylic acids is 2. The summed E-state index contributed by atoms with van der Waals surface area (Å²) in [5.74, 6) is -1.55. The highest BCUT2D eigenvalue weighted by Crippen LogP contribution is 2.55. The van der Waals surface area contributed by atoms with Gasteiger partial charge in [0.1, 0.15) is 6.10 Å². The first-order chi connectivity index (χ1) is 11.1. The Labute approximate surface area is 140 Å². The van der Waals surface area contributed by atoms with Gasteiger partial charge in [-0.15, -0.1) is 0 Å². The molecule has 134 valence electrons. The van der Waals surface area contributed by atoms with E-state index >= 15 is 0 Å². The molecule has 0 aromatic rings. The Hall–Kier alpha value is -1.44. The van der Waals surface area contributed by atoms with E-state index in [0.717, 1.165) is 0 Å². The smallest absolute Gasteiger partial charge is 0.334 e. The van der Waals surface area contributed by atoms with Crippen LogP contribution in [0, 0.1) is 23.2 Å². The molecule has 3 aliphatic rings. The van der Waals surface area contributed by atoms with Crippen molar-refractivity contribution in [2.75, 3.05) is 0 Å². The third-order valence-corrected chi connectivity index (χ3v) is 5.82. The zero-order valence-corrected chi connectivity index (χ0v) is 14.1. The monoisotopic (exact) mass is 340 g/mol. The molecule has 0 unspecified atom stereocenters. The van der Waals surface area contributed by atoms with E-state index in [0.29, 0.717) is 18.4 Å². The van der Waals surface area contributed by atoms with Gasteiger partial charge in [0.2, 0.25) is 0 Å². The number of carbonyl (C=O) groups is 2. The molecule has 0 radical (unpaired) electrons. The molecular weight excluding hydrogens is 316 g/mol. The largest absolute Gasteiger partial charge is 0.458 e. The van der Waals surface area contributed by atoms with Gasteiger partial charge in [0.05, 0.1) is 0 Å².